The highest BCUT2D eigenvalue weighted by atomic mass is 79.9. The second kappa shape index (κ2) is 5.01. The van der Waals surface area contributed by atoms with Gasteiger partial charge >= 0.3 is 5.97 Å². The molecule has 0 fully saturated rings. The largest absolute Gasteiger partial charge is 0.478 e. The van der Waals surface area contributed by atoms with Gasteiger partial charge in [0, 0.05) is 10.5 Å². The molecule has 0 saturated heterocycles. The molecule has 0 atom stereocenters. The molecule has 0 radical (unpaired) electrons. The van der Waals surface area contributed by atoms with Crippen molar-refractivity contribution in [3.05, 3.63) is 50.7 Å². The van der Waals surface area contributed by atoms with Gasteiger partial charge in [0.2, 0.25) is 0 Å². The van der Waals surface area contributed by atoms with Crippen LogP contribution < -0.4 is 10.9 Å². The predicted octanol–water partition coefficient (Wildman–Crippen LogP) is 1.97. The van der Waals surface area contributed by atoms with Crippen LogP contribution in [0.2, 0.25) is 0 Å². The van der Waals surface area contributed by atoms with Crippen molar-refractivity contribution in [2.24, 2.45) is 0 Å². The first-order chi connectivity index (χ1) is 8.58. The maximum atomic E-state index is 11.0. The normalized spacial score (nSPS) is 10.1. The lowest BCUT2D eigenvalue weighted by Gasteiger charge is -2.08. The van der Waals surface area contributed by atoms with Gasteiger partial charge in [0.1, 0.15) is 5.56 Å². The van der Waals surface area contributed by atoms with Gasteiger partial charge in [-0.1, -0.05) is 12.1 Å². The van der Waals surface area contributed by atoms with Gasteiger partial charge in [0.25, 0.3) is 5.56 Å². The van der Waals surface area contributed by atoms with E-state index in [0.717, 1.165) is 10.5 Å². The lowest BCUT2D eigenvalue weighted by atomic mass is 10.2. The minimum absolute atomic E-state index is 0.0778. The van der Waals surface area contributed by atoms with Gasteiger partial charge in [-0.05, 0) is 28.1 Å². The highest BCUT2D eigenvalue weighted by Crippen LogP contribution is 2.25. The third kappa shape index (κ3) is 2.57. The molecular weight excluding hydrogens is 302 g/mol. The standard InChI is InChI=1S/C11H8BrN3O3/c12-7-3-1-2-4-8(7)13-10-6(11(17)18)5-9(16)14-15-10/h1-5H,(H,13,15)(H,14,16)(H,17,18). The molecule has 0 aliphatic carbocycles. The number of benzene rings is 1. The van der Waals surface area contributed by atoms with E-state index in [1.165, 1.54) is 0 Å². The number of aromatic carboxylic acids is 1. The number of halogens is 1. The Morgan fingerprint density at radius 1 is 1.39 bits per heavy atom. The number of carboxylic acid groups (broad SMARTS) is 1. The molecule has 1 aromatic carbocycles. The molecule has 3 N–H and O–H groups in total. The van der Waals surface area contributed by atoms with Crippen LogP contribution in [0, 0.1) is 0 Å². The second-order valence-electron chi connectivity index (χ2n) is 3.40. The Morgan fingerprint density at radius 3 is 2.78 bits per heavy atom. The number of nitrogens with zero attached hydrogens (tertiary/aromatic N) is 1. The number of hydrogen-bond acceptors (Lipinski definition) is 4. The van der Waals surface area contributed by atoms with E-state index in [-0.39, 0.29) is 11.4 Å². The number of aromatic nitrogens is 2. The summed E-state index contributed by atoms with van der Waals surface area (Å²) < 4.78 is 0.759. The van der Waals surface area contributed by atoms with E-state index >= 15 is 0 Å². The van der Waals surface area contributed by atoms with E-state index in [1.807, 2.05) is 6.07 Å². The zero-order valence-corrected chi connectivity index (χ0v) is 10.6. The van der Waals surface area contributed by atoms with Crippen molar-refractivity contribution in [1.29, 1.82) is 0 Å². The maximum absolute atomic E-state index is 11.0. The number of carboxylic acids is 1. The van der Waals surface area contributed by atoms with Crippen molar-refractivity contribution in [2.75, 3.05) is 5.32 Å². The van der Waals surface area contributed by atoms with E-state index in [9.17, 15) is 9.59 Å². The smallest absolute Gasteiger partial charge is 0.339 e. The third-order valence-electron chi connectivity index (χ3n) is 2.17. The topological polar surface area (TPSA) is 95.1 Å². The number of nitrogens with one attached hydrogen (secondary N) is 2. The molecule has 0 bridgehead atoms. The first-order valence-electron chi connectivity index (χ1n) is 4.92. The Hall–Kier alpha value is -2.15. The summed E-state index contributed by atoms with van der Waals surface area (Å²) in [5.74, 6) is -1.14. The van der Waals surface area contributed by atoms with Gasteiger partial charge in [-0.3, -0.25) is 4.79 Å². The minimum Gasteiger partial charge on any atom is -0.478 e. The molecule has 2 aromatic rings. The van der Waals surface area contributed by atoms with Crippen molar-refractivity contribution >= 4 is 33.4 Å². The van der Waals surface area contributed by atoms with Crippen LogP contribution in [-0.4, -0.2) is 21.3 Å². The summed E-state index contributed by atoms with van der Waals surface area (Å²) in [6, 6.07) is 8.15. The Kier molecular flexibility index (Phi) is 3.42. The Labute approximate surface area is 110 Å². The highest BCUT2D eigenvalue weighted by molar-refractivity contribution is 9.10. The quantitative estimate of drug-likeness (QED) is 0.805. The van der Waals surface area contributed by atoms with E-state index in [4.69, 9.17) is 5.11 Å². The van der Waals surface area contributed by atoms with Crippen LogP contribution in [0.1, 0.15) is 10.4 Å². The Balaban J connectivity index is 2.44. The molecule has 2 rings (SSSR count). The van der Waals surface area contributed by atoms with E-state index in [0.29, 0.717) is 5.69 Å². The number of hydrogen-bond donors (Lipinski definition) is 3. The average Bonchev–Trinajstić information content (AvgIpc) is 2.34. The summed E-state index contributed by atoms with van der Waals surface area (Å²) in [6.45, 7) is 0. The number of rotatable bonds is 3. The molecule has 0 unspecified atom stereocenters. The molecule has 1 heterocycles. The van der Waals surface area contributed by atoms with Crippen molar-refractivity contribution in [2.45, 2.75) is 0 Å². The molecule has 0 spiro atoms. The minimum atomic E-state index is -1.22. The predicted molar refractivity (Wildman–Crippen MR) is 69.2 cm³/mol. The van der Waals surface area contributed by atoms with Crippen LogP contribution in [0.4, 0.5) is 11.5 Å². The third-order valence-corrected chi connectivity index (χ3v) is 2.86. The fraction of sp³-hybridized carbons (Fsp3) is 0. The SMILES string of the molecule is O=C(O)c1cc(=O)[nH]nc1Nc1ccccc1Br. The molecule has 0 saturated carbocycles. The number of H-pyrrole nitrogens is 1. The van der Waals surface area contributed by atoms with Crippen molar-refractivity contribution in [1.82, 2.24) is 10.2 Å². The molecule has 18 heavy (non-hydrogen) atoms. The van der Waals surface area contributed by atoms with Gasteiger partial charge in [0.15, 0.2) is 5.82 Å². The van der Waals surface area contributed by atoms with Gasteiger partial charge in [-0.2, -0.15) is 5.10 Å². The molecule has 1 aromatic heterocycles. The number of anilines is 2. The fourth-order valence-electron chi connectivity index (χ4n) is 1.35. The van der Waals surface area contributed by atoms with E-state index in [2.05, 4.69) is 31.4 Å². The number of aromatic amines is 1. The Bertz CT molecular complexity index is 654. The van der Waals surface area contributed by atoms with Gasteiger partial charge in [-0.15, -0.1) is 0 Å². The number of para-hydroxylation sites is 1. The summed E-state index contributed by atoms with van der Waals surface area (Å²) in [7, 11) is 0. The summed E-state index contributed by atoms with van der Waals surface area (Å²) in [5.41, 5.74) is -0.0980. The highest BCUT2D eigenvalue weighted by Gasteiger charge is 2.13. The molecule has 92 valence electrons. The van der Waals surface area contributed by atoms with Crippen molar-refractivity contribution < 1.29 is 9.90 Å². The maximum Gasteiger partial charge on any atom is 0.339 e. The van der Waals surface area contributed by atoms with Gasteiger partial charge in [-0.25, -0.2) is 9.89 Å². The molecular formula is C11H8BrN3O3. The lowest BCUT2D eigenvalue weighted by molar-refractivity contribution is 0.0697. The zero-order chi connectivity index (χ0) is 13.1. The second-order valence-corrected chi connectivity index (χ2v) is 4.26. The molecule has 0 amide bonds. The van der Waals surface area contributed by atoms with Crippen molar-refractivity contribution in [3.8, 4) is 0 Å². The molecule has 7 heteroatoms. The monoisotopic (exact) mass is 309 g/mol. The van der Waals surface area contributed by atoms with Crippen LogP contribution in [-0.2, 0) is 0 Å². The molecule has 0 aliphatic rings. The van der Waals surface area contributed by atoms with Crippen LogP contribution in [0.15, 0.2) is 39.6 Å². The summed E-state index contributed by atoms with van der Waals surface area (Å²) in [6.07, 6.45) is 0. The lowest BCUT2D eigenvalue weighted by Crippen LogP contribution is -2.14. The first kappa shape index (κ1) is 12.3. The zero-order valence-electron chi connectivity index (χ0n) is 8.98. The van der Waals surface area contributed by atoms with E-state index in [1.54, 1.807) is 18.2 Å². The summed E-state index contributed by atoms with van der Waals surface area (Å²) in [4.78, 5) is 22.1. The van der Waals surface area contributed by atoms with Crippen LogP contribution >= 0.6 is 15.9 Å². The van der Waals surface area contributed by atoms with Crippen molar-refractivity contribution in [3.63, 3.8) is 0 Å². The van der Waals surface area contributed by atoms with Crippen LogP contribution in [0.25, 0.3) is 0 Å². The van der Waals surface area contributed by atoms with Gasteiger partial charge in [0.05, 0.1) is 5.69 Å². The summed E-state index contributed by atoms with van der Waals surface area (Å²) in [5, 5.41) is 17.7. The first-order valence-corrected chi connectivity index (χ1v) is 5.72. The average molecular weight is 310 g/mol. The Morgan fingerprint density at radius 2 is 2.11 bits per heavy atom. The van der Waals surface area contributed by atoms with Gasteiger partial charge < -0.3 is 10.4 Å². The number of carbonyl (C=O) groups is 1. The fourth-order valence-corrected chi connectivity index (χ4v) is 1.74. The molecule has 0 aliphatic heterocycles. The molecule has 6 nitrogen and oxygen atoms in total. The summed E-state index contributed by atoms with van der Waals surface area (Å²) >= 11 is 3.32. The van der Waals surface area contributed by atoms with E-state index < -0.39 is 11.5 Å². The van der Waals surface area contributed by atoms with Crippen LogP contribution in [0.5, 0.6) is 0 Å². The van der Waals surface area contributed by atoms with Crippen LogP contribution in [0.3, 0.4) is 0 Å².